The molecular weight excluding hydrogens is 534 g/mol. The number of sulfonamides is 1. The molecule has 206 valence electrons. The van der Waals surface area contributed by atoms with Crippen molar-refractivity contribution in [1.29, 1.82) is 5.26 Å². The Kier molecular flexibility index (Phi) is 7.53. The topological polar surface area (TPSA) is 118 Å². The number of nitrogens with one attached hydrogen (secondary N) is 1. The average molecular weight is 568 g/mol. The molecule has 10 heteroatoms. The van der Waals surface area contributed by atoms with Crippen LogP contribution in [0.5, 0.6) is 5.75 Å². The van der Waals surface area contributed by atoms with Crippen LogP contribution in [0, 0.1) is 11.3 Å². The van der Waals surface area contributed by atoms with Crippen molar-refractivity contribution in [1.82, 2.24) is 4.72 Å². The number of rotatable bonds is 10. The zero-order valence-corrected chi connectivity index (χ0v) is 24.2. The molecule has 1 aliphatic heterocycles. The molecule has 39 heavy (non-hydrogen) atoms. The summed E-state index contributed by atoms with van der Waals surface area (Å²) in [6.07, 6.45) is 2.59. The Bertz CT molecular complexity index is 1480. The van der Waals surface area contributed by atoms with Gasteiger partial charge >= 0.3 is 5.97 Å². The molecule has 4 unspecified atom stereocenters. The minimum atomic E-state index is -3.85. The highest BCUT2D eigenvalue weighted by molar-refractivity contribution is 8.15. The van der Waals surface area contributed by atoms with Crippen LogP contribution in [0.2, 0.25) is 0 Å². The number of ether oxygens (including phenoxy) is 2. The minimum Gasteiger partial charge on any atom is -0.490 e. The van der Waals surface area contributed by atoms with Gasteiger partial charge in [-0.3, -0.25) is 9.79 Å². The number of carbonyl (C=O) groups excluding carboxylic acids is 1. The van der Waals surface area contributed by atoms with Crippen LogP contribution < -0.4 is 9.46 Å². The molecule has 2 aromatic carbocycles. The molecule has 0 aromatic heterocycles. The molecule has 0 spiro atoms. The van der Waals surface area contributed by atoms with Gasteiger partial charge in [0, 0.05) is 11.6 Å². The average Bonchev–Trinajstić information content (AvgIpc) is 3.22. The lowest BCUT2D eigenvalue weighted by molar-refractivity contribution is -0.145. The molecule has 1 fully saturated rings. The molecule has 0 radical (unpaired) electrons. The van der Waals surface area contributed by atoms with E-state index >= 15 is 0 Å². The zero-order chi connectivity index (χ0) is 27.9. The molecule has 0 bridgehead atoms. The second-order valence-electron chi connectivity index (χ2n) is 10.7. The number of fused-ring (bicyclic) bond motifs is 2. The fourth-order valence-electron chi connectivity index (χ4n) is 5.34. The number of benzene rings is 2. The van der Waals surface area contributed by atoms with Gasteiger partial charge in [0.15, 0.2) is 5.75 Å². The zero-order valence-electron chi connectivity index (χ0n) is 22.6. The van der Waals surface area contributed by atoms with Crippen molar-refractivity contribution >= 4 is 32.8 Å². The highest BCUT2D eigenvalue weighted by atomic mass is 32.2. The quantitative estimate of drug-likeness (QED) is 0.412. The number of esters is 1. The van der Waals surface area contributed by atoms with Crippen molar-refractivity contribution in [3.63, 3.8) is 0 Å². The Balaban J connectivity index is 1.32. The third kappa shape index (κ3) is 5.58. The van der Waals surface area contributed by atoms with Gasteiger partial charge in [-0.05, 0) is 81.3 Å². The first-order valence-electron chi connectivity index (χ1n) is 13.3. The normalized spacial score (nSPS) is 23.9. The number of nitrogens with zero attached hydrogens (tertiary/aromatic N) is 2. The molecular formula is C29H33N3O5S2. The summed E-state index contributed by atoms with van der Waals surface area (Å²) in [4.78, 5) is 17.1. The summed E-state index contributed by atoms with van der Waals surface area (Å²) in [5, 5.41) is 10.6. The standard InChI is InChI=1S/C29H33N3O5S2/c1-5-18(4)37-27(33)16-39(34,35)32-24-11-10-21-22(24)7-6-8-23(21)29-14-26(29)31-28(38-29)19-9-12-25(36-17(2)3)20(13-19)15-30/h6-9,12-13,17-18,24,26,32H,5,10-11,14,16H2,1-4H3. The van der Waals surface area contributed by atoms with Crippen molar-refractivity contribution in [3.8, 4) is 11.8 Å². The number of thioether (sulfide) groups is 1. The Hall–Kier alpha value is -2.87. The summed E-state index contributed by atoms with van der Waals surface area (Å²) >= 11 is 1.73. The summed E-state index contributed by atoms with van der Waals surface area (Å²) in [6, 6.07) is 13.7. The van der Waals surface area contributed by atoms with Gasteiger partial charge in [-0.1, -0.05) is 36.9 Å². The van der Waals surface area contributed by atoms with E-state index in [1.54, 1.807) is 18.7 Å². The monoisotopic (exact) mass is 567 g/mol. The summed E-state index contributed by atoms with van der Waals surface area (Å²) in [7, 11) is -3.85. The van der Waals surface area contributed by atoms with Gasteiger partial charge < -0.3 is 9.47 Å². The van der Waals surface area contributed by atoms with E-state index in [9.17, 15) is 18.5 Å². The second-order valence-corrected chi connectivity index (χ2v) is 13.8. The van der Waals surface area contributed by atoms with Crippen molar-refractivity contribution in [2.75, 3.05) is 5.75 Å². The fraction of sp³-hybridized carbons (Fsp3) is 0.483. The Morgan fingerprint density at radius 2 is 2.08 bits per heavy atom. The molecule has 1 saturated carbocycles. The predicted molar refractivity (Wildman–Crippen MR) is 151 cm³/mol. The van der Waals surface area contributed by atoms with Crippen LogP contribution in [-0.4, -0.2) is 43.4 Å². The largest absolute Gasteiger partial charge is 0.490 e. The molecule has 1 heterocycles. The van der Waals surface area contributed by atoms with E-state index in [-0.39, 0.29) is 29.0 Å². The number of hydrogen-bond donors (Lipinski definition) is 1. The van der Waals surface area contributed by atoms with Crippen LogP contribution in [0.25, 0.3) is 0 Å². The van der Waals surface area contributed by atoms with Gasteiger partial charge in [-0.2, -0.15) is 5.26 Å². The van der Waals surface area contributed by atoms with Crippen LogP contribution in [0.15, 0.2) is 41.4 Å². The summed E-state index contributed by atoms with van der Waals surface area (Å²) in [6.45, 7) is 7.48. The fourth-order valence-corrected chi connectivity index (χ4v) is 7.98. The maximum absolute atomic E-state index is 12.8. The number of aliphatic imine (C=N–C) groups is 1. The van der Waals surface area contributed by atoms with Crippen molar-refractivity contribution in [2.45, 2.75) is 82.4 Å². The molecule has 4 atom stereocenters. The molecule has 2 aliphatic carbocycles. The van der Waals surface area contributed by atoms with Crippen LogP contribution >= 0.6 is 11.8 Å². The first-order chi connectivity index (χ1) is 18.5. The Morgan fingerprint density at radius 1 is 1.28 bits per heavy atom. The lowest BCUT2D eigenvalue weighted by atomic mass is 9.98. The van der Waals surface area contributed by atoms with Gasteiger partial charge in [0.05, 0.1) is 33.6 Å². The summed E-state index contributed by atoms with van der Waals surface area (Å²) in [5.74, 6) is -0.852. The lowest BCUT2D eigenvalue weighted by Gasteiger charge is -2.19. The summed E-state index contributed by atoms with van der Waals surface area (Å²) < 4.78 is 39.0. The van der Waals surface area contributed by atoms with E-state index in [4.69, 9.17) is 14.5 Å². The first kappa shape index (κ1) is 27.7. The predicted octanol–water partition coefficient (Wildman–Crippen LogP) is 4.76. The van der Waals surface area contributed by atoms with E-state index in [0.29, 0.717) is 24.2 Å². The van der Waals surface area contributed by atoms with E-state index < -0.39 is 21.7 Å². The Morgan fingerprint density at radius 3 is 2.79 bits per heavy atom. The third-order valence-corrected chi connectivity index (χ3v) is 10.2. The molecule has 1 N–H and O–H groups in total. The van der Waals surface area contributed by atoms with Gasteiger partial charge in [0.2, 0.25) is 10.0 Å². The van der Waals surface area contributed by atoms with Crippen molar-refractivity contribution in [3.05, 3.63) is 64.2 Å². The number of hydrogen-bond acceptors (Lipinski definition) is 8. The van der Waals surface area contributed by atoms with Gasteiger partial charge in [0.25, 0.3) is 0 Å². The van der Waals surface area contributed by atoms with E-state index in [2.05, 4.69) is 16.9 Å². The minimum absolute atomic E-state index is 0.0240. The molecule has 8 nitrogen and oxygen atoms in total. The molecule has 2 aromatic rings. The summed E-state index contributed by atoms with van der Waals surface area (Å²) in [5.41, 5.74) is 4.72. The van der Waals surface area contributed by atoms with Crippen LogP contribution in [0.3, 0.4) is 0 Å². The van der Waals surface area contributed by atoms with Crippen LogP contribution in [0.4, 0.5) is 0 Å². The second kappa shape index (κ2) is 10.6. The smallest absolute Gasteiger partial charge is 0.322 e. The lowest BCUT2D eigenvalue weighted by Crippen LogP contribution is -2.34. The highest BCUT2D eigenvalue weighted by Gasteiger charge is 2.62. The molecule has 0 saturated heterocycles. The highest BCUT2D eigenvalue weighted by Crippen LogP contribution is 2.65. The molecule has 3 aliphatic rings. The van der Waals surface area contributed by atoms with Crippen LogP contribution in [-0.2, 0) is 30.7 Å². The van der Waals surface area contributed by atoms with Crippen molar-refractivity contribution in [2.24, 2.45) is 4.99 Å². The SMILES string of the molecule is CCC(C)OC(=O)CS(=O)(=O)NC1CCc2c1cccc2C12CC1N=C(c1ccc(OC(C)C)c(C#N)c1)S2. The van der Waals surface area contributed by atoms with Gasteiger partial charge in [-0.25, -0.2) is 13.1 Å². The van der Waals surface area contributed by atoms with Crippen molar-refractivity contribution < 1.29 is 22.7 Å². The van der Waals surface area contributed by atoms with Gasteiger partial charge in [-0.15, -0.1) is 0 Å². The third-order valence-electron chi connectivity index (χ3n) is 7.40. The number of nitriles is 1. The van der Waals surface area contributed by atoms with E-state index in [0.717, 1.165) is 34.6 Å². The molecule has 0 amide bonds. The van der Waals surface area contributed by atoms with Gasteiger partial charge in [0.1, 0.15) is 11.8 Å². The maximum Gasteiger partial charge on any atom is 0.322 e. The van der Waals surface area contributed by atoms with E-state index in [1.165, 1.54) is 5.56 Å². The van der Waals surface area contributed by atoms with E-state index in [1.807, 2.05) is 51.1 Å². The molecule has 5 rings (SSSR count). The first-order valence-corrected chi connectivity index (χ1v) is 15.8. The van der Waals surface area contributed by atoms with Crippen LogP contribution in [0.1, 0.15) is 80.8 Å². The number of carbonyl (C=O) groups is 1. The maximum atomic E-state index is 12.8. The Labute approximate surface area is 234 Å².